The third kappa shape index (κ3) is 5.65. The summed E-state index contributed by atoms with van der Waals surface area (Å²) < 4.78 is 29.0. The van der Waals surface area contributed by atoms with Crippen molar-refractivity contribution in [2.75, 3.05) is 7.05 Å². The number of nitrogens with one attached hydrogen (secondary N) is 2. The van der Waals surface area contributed by atoms with Crippen LogP contribution in [0.2, 0.25) is 0 Å². The smallest absolute Gasteiger partial charge is 0.142 e. The summed E-state index contributed by atoms with van der Waals surface area (Å²) in [7, 11) is 1.49. The predicted molar refractivity (Wildman–Crippen MR) is 119 cm³/mol. The number of benzene rings is 1. The average Bonchev–Trinajstić information content (AvgIpc) is 2.74. The molecule has 0 fully saturated rings. The van der Waals surface area contributed by atoms with Crippen molar-refractivity contribution in [3.05, 3.63) is 95.2 Å². The highest BCUT2D eigenvalue weighted by molar-refractivity contribution is 6.36. The van der Waals surface area contributed by atoms with Gasteiger partial charge in [0.2, 0.25) is 0 Å². The summed E-state index contributed by atoms with van der Waals surface area (Å²) >= 11 is 0. The van der Waals surface area contributed by atoms with E-state index in [2.05, 4.69) is 11.6 Å². The summed E-state index contributed by atoms with van der Waals surface area (Å²) in [6.07, 6.45) is 10.4. The standard InChI is InChI=1S/C24H24F2N4/c1-5-8-11-16(7-3)21(24(29)22-17(25)12-10-13-18(22)26)23(19(28)15-27)20(30-4)14-9-6-2/h5,7-14,28-29H,1,6H2,2-4H3/b11-8-,14-9-,16-7+,23-21+,28-19?,29-24?,30-20?. The fraction of sp³-hybridized carbons (Fsp3) is 0.167. The zero-order chi connectivity index (χ0) is 22.7. The number of nitrogens with zero attached hydrogens (tertiary/aromatic N) is 2. The quantitative estimate of drug-likeness (QED) is 0.388. The molecule has 0 spiro atoms. The molecule has 0 saturated heterocycles. The van der Waals surface area contributed by atoms with Gasteiger partial charge >= 0.3 is 0 Å². The van der Waals surface area contributed by atoms with Gasteiger partial charge in [-0.15, -0.1) is 0 Å². The van der Waals surface area contributed by atoms with Crippen LogP contribution in [0, 0.1) is 33.8 Å². The molecule has 0 aliphatic carbocycles. The van der Waals surface area contributed by atoms with Crippen molar-refractivity contribution in [1.29, 1.82) is 16.1 Å². The van der Waals surface area contributed by atoms with E-state index in [4.69, 9.17) is 10.8 Å². The van der Waals surface area contributed by atoms with Gasteiger partial charge in [0.15, 0.2) is 0 Å². The minimum absolute atomic E-state index is 0.0131. The van der Waals surface area contributed by atoms with Gasteiger partial charge in [0.05, 0.1) is 17.0 Å². The normalized spacial score (nSPS) is 13.3. The van der Waals surface area contributed by atoms with E-state index in [0.717, 1.165) is 12.1 Å². The van der Waals surface area contributed by atoms with Crippen molar-refractivity contribution in [1.82, 2.24) is 0 Å². The van der Waals surface area contributed by atoms with E-state index in [0.29, 0.717) is 12.0 Å². The van der Waals surface area contributed by atoms with Crippen LogP contribution < -0.4 is 0 Å². The van der Waals surface area contributed by atoms with E-state index in [1.165, 1.54) is 19.2 Å². The van der Waals surface area contributed by atoms with E-state index in [9.17, 15) is 14.0 Å². The van der Waals surface area contributed by atoms with Gasteiger partial charge in [-0.25, -0.2) is 8.78 Å². The van der Waals surface area contributed by atoms with Gasteiger partial charge in [0, 0.05) is 18.2 Å². The number of nitriles is 1. The lowest BCUT2D eigenvalue weighted by molar-refractivity contribution is 0.579. The minimum atomic E-state index is -0.914. The predicted octanol–water partition coefficient (Wildman–Crippen LogP) is 5.90. The van der Waals surface area contributed by atoms with Crippen LogP contribution in [-0.4, -0.2) is 24.2 Å². The number of hydrogen-bond donors (Lipinski definition) is 2. The lowest BCUT2D eigenvalue weighted by Crippen LogP contribution is -2.20. The van der Waals surface area contributed by atoms with Gasteiger partial charge in [-0.1, -0.05) is 49.9 Å². The summed E-state index contributed by atoms with van der Waals surface area (Å²) in [5, 5.41) is 26.3. The molecule has 0 aliphatic heterocycles. The molecule has 0 saturated carbocycles. The van der Waals surface area contributed by atoms with Crippen LogP contribution in [0.15, 0.2) is 82.9 Å². The molecule has 0 unspecified atom stereocenters. The van der Waals surface area contributed by atoms with Crippen molar-refractivity contribution in [2.24, 2.45) is 4.99 Å². The van der Waals surface area contributed by atoms with E-state index < -0.39 is 28.6 Å². The first-order chi connectivity index (χ1) is 14.4. The molecule has 0 amide bonds. The average molecular weight is 406 g/mol. The van der Waals surface area contributed by atoms with Crippen molar-refractivity contribution < 1.29 is 8.78 Å². The van der Waals surface area contributed by atoms with Crippen LogP contribution in [0.25, 0.3) is 0 Å². The van der Waals surface area contributed by atoms with Gasteiger partial charge < -0.3 is 0 Å². The molecule has 0 aliphatic rings. The third-order valence-electron chi connectivity index (χ3n) is 4.09. The highest BCUT2D eigenvalue weighted by atomic mass is 19.1. The maximum absolute atomic E-state index is 14.5. The zero-order valence-corrected chi connectivity index (χ0v) is 17.3. The number of aliphatic imine (C=N–C) groups is 1. The second-order valence-corrected chi connectivity index (χ2v) is 5.97. The first-order valence-corrected chi connectivity index (χ1v) is 9.23. The monoisotopic (exact) mass is 406 g/mol. The zero-order valence-electron chi connectivity index (χ0n) is 17.3. The first-order valence-electron chi connectivity index (χ1n) is 9.23. The fourth-order valence-electron chi connectivity index (χ4n) is 2.71. The topological polar surface area (TPSA) is 83.9 Å². The Balaban J connectivity index is 4.10. The Kier molecular flexibility index (Phi) is 9.71. The SMILES string of the molecule is C=C\C=C/C(=C\C)C(/C(=N)c1c(F)cccc1F)=C(/C(=N)C#N)C(/C=C\CC)=NC. The molecule has 154 valence electrons. The Labute approximate surface area is 176 Å². The van der Waals surface area contributed by atoms with E-state index in [1.807, 2.05) is 6.92 Å². The Morgan fingerprint density at radius 3 is 2.30 bits per heavy atom. The molecule has 1 aromatic carbocycles. The number of allylic oxidation sites excluding steroid dienone is 9. The lowest BCUT2D eigenvalue weighted by Gasteiger charge is -2.18. The Hall–Kier alpha value is -3.72. The van der Waals surface area contributed by atoms with Gasteiger partial charge in [0.25, 0.3) is 0 Å². The van der Waals surface area contributed by atoms with Crippen molar-refractivity contribution in [2.45, 2.75) is 20.3 Å². The van der Waals surface area contributed by atoms with E-state index in [-0.39, 0.29) is 16.9 Å². The van der Waals surface area contributed by atoms with Gasteiger partial charge in [0.1, 0.15) is 23.4 Å². The molecule has 6 heteroatoms. The van der Waals surface area contributed by atoms with Gasteiger partial charge in [-0.3, -0.25) is 15.8 Å². The van der Waals surface area contributed by atoms with Crippen LogP contribution >= 0.6 is 0 Å². The summed E-state index contributed by atoms with van der Waals surface area (Å²) in [5.41, 5.74) is -0.828. The maximum Gasteiger partial charge on any atom is 0.142 e. The molecule has 0 atom stereocenters. The van der Waals surface area contributed by atoms with Crippen LogP contribution in [0.3, 0.4) is 0 Å². The molecular weight excluding hydrogens is 382 g/mol. The van der Waals surface area contributed by atoms with Crippen LogP contribution in [-0.2, 0) is 0 Å². The van der Waals surface area contributed by atoms with E-state index in [1.54, 1.807) is 43.4 Å². The molecule has 30 heavy (non-hydrogen) atoms. The van der Waals surface area contributed by atoms with Crippen molar-refractivity contribution in [3.63, 3.8) is 0 Å². The largest absolute Gasteiger partial charge is 0.299 e. The lowest BCUT2D eigenvalue weighted by atomic mass is 9.86. The number of halogens is 2. The highest BCUT2D eigenvalue weighted by Crippen LogP contribution is 2.27. The van der Waals surface area contributed by atoms with Crippen LogP contribution in [0.1, 0.15) is 25.8 Å². The Bertz CT molecular complexity index is 1010. The fourth-order valence-corrected chi connectivity index (χ4v) is 2.71. The molecule has 0 aromatic heterocycles. The highest BCUT2D eigenvalue weighted by Gasteiger charge is 2.26. The Morgan fingerprint density at radius 2 is 1.83 bits per heavy atom. The Morgan fingerprint density at radius 1 is 1.20 bits per heavy atom. The van der Waals surface area contributed by atoms with Gasteiger partial charge in [-0.2, -0.15) is 5.26 Å². The third-order valence-corrected chi connectivity index (χ3v) is 4.09. The van der Waals surface area contributed by atoms with Crippen LogP contribution in [0.5, 0.6) is 0 Å². The molecule has 1 aromatic rings. The minimum Gasteiger partial charge on any atom is -0.299 e. The second kappa shape index (κ2) is 12.0. The van der Waals surface area contributed by atoms with Crippen molar-refractivity contribution >= 4 is 17.1 Å². The summed E-state index contributed by atoms with van der Waals surface area (Å²) in [6.45, 7) is 7.21. The molecule has 0 radical (unpaired) electrons. The molecule has 0 heterocycles. The maximum atomic E-state index is 14.5. The van der Waals surface area contributed by atoms with Gasteiger partial charge in [-0.05, 0) is 37.1 Å². The van der Waals surface area contributed by atoms with Crippen molar-refractivity contribution in [3.8, 4) is 6.07 Å². The summed E-state index contributed by atoms with van der Waals surface area (Å²) in [5.74, 6) is -1.83. The summed E-state index contributed by atoms with van der Waals surface area (Å²) in [4.78, 5) is 4.16. The molecular formula is C24H24F2N4. The second-order valence-electron chi connectivity index (χ2n) is 5.97. The first kappa shape index (κ1) is 24.3. The molecule has 4 nitrogen and oxygen atoms in total. The van der Waals surface area contributed by atoms with Crippen LogP contribution in [0.4, 0.5) is 8.78 Å². The molecule has 0 bridgehead atoms. The number of hydrogen-bond acceptors (Lipinski definition) is 4. The van der Waals surface area contributed by atoms with E-state index >= 15 is 0 Å². The molecule has 1 rings (SSSR count). The summed E-state index contributed by atoms with van der Waals surface area (Å²) in [6, 6.07) is 5.08. The number of rotatable bonds is 9. The molecule has 2 N–H and O–H groups in total.